The second-order valence-corrected chi connectivity index (χ2v) is 9.43. The SMILES string of the molecule is C=CC(=O)OCCOC(=O)c1cc(C(=O)Nc2ccc(Oc3ccc(C)cc3)cc2)c(C(=O)OCCOC(=O)C=C)cc1C(=O)NC. The first-order chi connectivity index (χ1) is 22.6. The Hall–Kier alpha value is -6.24. The fraction of sp³-hybridized carbons (Fsp3) is 0.176. The van der Waals surface area contributed by atoms with Crippen LogP contribution >= 0.6 is 0 Å². The molecule has 2 amide bonds. The van der Waals surface area contributed by atoms with E-state index in [-0.39, 0.29) is 48.7 Å². The number of hydrogen-bond acceptors (Lipinski definition) is 11. The lowest BCUT2D eigenvalue weighted by Crippen LogP contribution is -2.26. The number of nitrogens with one attached hydrogen (secondary N) is 2. The van der Waals surface area contributed by atoms with Gasteiger partial charge in [-0.1, -0.05) is 30.9 Å². The topological polar surface area (TPSA) is 173 Å². The second kappa shape index (κ2) is 17.3. The quantitative estimate of drug-likeness (QED) is 0.105. The highest BCUT2D eigenvalue weighted by atomic mass is 16.6. The van der Waals surface area contributed by atoms with E-state index >= 15 is 0 Å². The molecule has 2 N–H and O–H groups in total. The van der Waals surface area contributed by atoms with Gasteiger partial charge in [0.2, 0.25) is 0 Å². The number of ether oxygens (including phenoxy) is 5. The average molecular weight is 645 g/mol. The number of anilines is 1. The summed E-state index contributed by atoms with van der Waals surface area (Å²) in [6, 6.07) is 15.8. The number of aryl methyl sites for hydroxylation is 1. The van der Waals surface area contributed by atoms with Gasteiger partial charge in [-0.25, -0.2) is 19.2 Å². The summed E-state index contributed by atoms with van der Waals surface area (Å²) in [4.78, 5) is 75.1. The highest BCUT2D eigenvalue weighted by molar-refractivity contribution is 6.15. The first kappa shape index (κ1) is 35.2. The smallest absolute Gasteiger partial charge is 0.339 e. The van der Waals surface area contributed by atoms with Gasteiger partial charge in [-0.05, 0) is 55.5 Å². The number of carbonyl (C=O) groups excluding carboxylic acids is 6. The minimum Gasteiger partial charge on any atom is -0.459 e. The molecule has 0 saturated heterocycles. The lowest BCUT2D eigenvalue weighted by Gasteiger charge is -2.15. The highest BCUT2D eigenvalue weighted by Crippen LogP contribution is 2.25. The van der Waals surface area contributed by atoms with Crippen molar-refractivity contribution in [3.05, 3.63) is 114 Å². The summed E-state index contributed by atoms with van der Waals surface area (Å²) in [7, 11) is 1.30. The van der Waals surface area contributed by atoms with Crippen LogP contribution < -0.4 is 15.4 Å². The molecule has 47 heavy (non-hydrogen) atoms. The normalized spacial score (nSPS) is 10.1. The lowest BCUT2D eigenvalue weighted by molar-refractivity contribution is -0.139. The number of benzene rings is 3. The van der Waals surface area contributed by atoms with E-state index in [9.17, 15) is 28.8 Å². The number of amides is 2. The summed E-state index contributed by atoms with van der Waals surface area (Å²) < 4.78 is 25.7. The molecule has 0 bridgehead atoms. The number of rotatable bonds is 15. The summed E-state index contributed by atoms with van der Waals surface area (Å²) in [5.41, 5.74) is 0.0133. The minimum absolute atomic E-state index is 0.302. The Kier molecular flexibility index (Phi) is 13.0. The molecule has 0 radical (unpaired) electrons. The molecule has 3 aromatic carbocycles. The Morgan fingerprint density at radius 2 is 1.04 bits per heavy atom. The van der Waals surface area contributed by atoms with Crippen LogP contribution in [0.5, 0.6) is 11.5 Å². The van der Waals surface area contributed by atoms with Crippen molar-refractivity contribution < 1.29 is 52.5 Å². The molecule has 0 unspecified atom stereocenters. The Morgan fingerprint density at radius 1 is 0.617 bits per heavy atom. The van der Waals surface area contributed by atoms with E-state index in [2.05, 4.69) is 23.8 Å². The molecule has 0 spiro atoms. The van der Waals surface area contributed by atoms with Gasteiger partial charge in [-0.15, -0.1) is 0 Å². The van der Waals surface area contributed by atoms with Crippen LogP contribution in [0.3, 0.4) is 0 Å². The number of esters is 4. The van der Waals surface area contributed by atoms with Crippen molar-refractivity contribution in [2.45, 2.75) is 6.92 Å². The van der Waals surface area contributed by atoms with E-state index in [4.69, 9.17) is 23.7 Å². The van der Waals surface area contributed by atoms with Crippen LogP contribution in [0.25, 0.3) is 0 Å². The van der Waals surface area contributed by atoms with Gasteiger partial charge in [-0.2, -0.15) is 0 Å². The van der Waals surface area contributed by atoms with Gasteiger partial charge >= 0.3 is 23.9 Å². The maximum absolute atomic E-state index is 13.5. The van der Waals surface area contributed by atoms with Gasteiger partial charge in [0.1, 0.15) is 37.9 Å². The molecule has 0 aliphatic heterocycles. The van der Waals surface area contributed by atoms with Crippen LogP contribution in [-0.4, -0.2) is 69.2 Å². The van der Waals surface area contributed by atoms with E-state index < -0.39 is 35.7 Å². The van der Waals surface area contributed by atoms with Gasteiger partial charge in [-0.3, -0.25) is 9.59 Å². The van der Waals surface area contributed by atoms with E-state index in [1.165, 1.54) is 7.05 Å². The number of hydrogen-bond donors (Lipinski definition) is 2. The number of carbonyl (C=O) groups is 6. The van der Waals surface area contributed by atoms with Crippen molar-refractivity contribution in [3.63, 3.8) is 0 Å². The van der Waals surface area contributed by atoms with Crippen LogP contribution in [0.1, 0.15) is 47.0 Å². The van der Waals surface area contributed by atoms with Gasteiger partial charge < -0.3 is 34.3 Å². The second-order valence-electron chi connectivity index (χ2n) is 9.43. The zero-order chi connectivity index (χ0) is 34.3. The summed E-state index contributed by atoms with van der Waals surface area (Å²) in [6.07, 6.45) is 1.87. The Balaban J connectivity index is 1.91. The Labute approximate surface area is 270 Å². The first-order valence-electron chi connectivity index (χ1n) is 14.0. The molecule has 0 atom stereocenters. The van der Waals surface area contributed by atoms with Crippen LogP contribution in [0.2, 0.25) is 0 Å². The molecule has 0 aromatic heterocycles. The Morgan fingerprint density at radius 3 is 1.49 bits per heavy atom. The third-order valence-electron chi connectivity index (χ3n) is 6.14. The van der Waals surface area contributed by atoms with E-state index in [0.29, 0.717) is 17.2 Å². The fourth-order valence-corrected chi connectivity index (χ4v) is 3.82. The highest BCUT2D eigenvalue weighted by Gasteiger charge is 2.27. The summed E-state index contributed by atoms with van der Waals surface area (Å²) in [5, 5.41) is 5.00. The summed E-state index contributed by atoms with van der Waals surface area (Å²) in [5.74, 6) is -4.06. The van der Waals surface area contributed by atoms with Crippen molar-refractivity contribution in [2.24, 2.45) is 0 Å². The molecule has 0 saturated carbocycles. The largest absolute Gasteiger partial charge is 0.459 e. The molecule has 0 heterocycles. The monoisotopic (exact) mass is 644 g/mol. The molecule has 3 aromatic rings. The van der Waals surface area contributed by atoms with Crippen molar-refractivity contribution in [3.8, 4) is 11.5 Å². The van der Waals surface area contributed by atoms with E-state index in [1.54, 1.807) is 24.3 Å². The molecule has 13 heteroatoms. The van der Waals surface area contributed by atoms with E-state index in [0.717, 1.165) is 29.8 Å². The molecule has 13 nitrogen and oxygen atoms in total. The molecule has 0 fully saturated rings. The minimum atomic E-state index is -1.05. The van der Waals surface area contributed by atoms with Crippen molar-refractivity contribution in [1.29, 1.82) is 0 Å². The molecule has 244 valence electrons. The van der Waals surface area contributed by atoms with Crippen LogP contribution in [-0.2, 0) is 28.5 Å². The first-order valence-corrected chi connectivity index (χ1v) is 14.0. The van der Waals surface area contributed by atoms with Gasteiger partial charge in [0.25, 0.3) is 11.8 Å². The standard InChI is InChI=1S/C34H32N2O11/c1-5-29(37)43-15-17-45-33(41)27-20-26(28(19-25(27)31(39)35-4)34(42)46-18-16-44-30(38)6-2)32(40)36-22-9-13-24(14-10-22)47-23-11-7-21(3)8-12-23/h5-14,19-20H,1-2,15-18H2,3-4H3,(H,35,39)(H,36,40). The third kappa shape index (κ3) is 10.4. The summed E-state index contributed by atoms with van der Waals surface area (Å²) in [6.45, 7) is 7.12. The van der Waals surface area contributed by atoms with Crippen molar-refractivity contribution in [2.75, 3.05) is 38.8 Å². The zero-order valence-electron chi connectivity index (χ0n) is 25.7. The molecular weight excluding hydrogens is 612 g/mol. The molecule has 0 aliphatic rings. The fourth-order valence-electron chi connectivity index (χ4n) is 3.82. The summed E-state index contributed by atoms with van der Waals surface area (Å²) >= 11 is 0. The van der Waals surface area contributed by atoms with Crippen molar-refractivity contribution >= 4 is 41.4 Å². The van der Waals surface area contributed by atoms with Crippen molar-refractivity contribution in [1.82, 2.24) is 5.32 Å². The predicted molar refractivity (Wildman–Crippen MR) is 168 cm³/mol. The lowest BCUT2D eigenvalue weighted by atomic mass is 9.96. The Bertz CT molecular complexity index is 1660. The van der Waals surface area contributed by atoms with Crippen LogP contribution in [0.15, 0.2) is 86.0 Å². The predicted octanol–water partition coefficient (Wildman–Crippen LogP) is 4.17. The average Bonchev–Trinajstić information content (AvgIpc) is 3.08. The van der Waals surface area contributed by atoms with Crippen LogP contribution in [0.4, 0.5) is 5.69 Å². The van der Waals surface area contributed by atoms with Gasteiger partial charge in [0.05, 0.1) is 22.3 Å². The van der Waals surface area contributed by atoms with E-state index in [1.807, 2.05) is 31.2 Å². The molecule has 3 rings (SSSR count). The van der Waals surface area contributed by atoms with Gasteiger partial charge in [0, 0.05) is 24.9 Å². The zero-order valence-corrected chi connectivity index (χ0v) is 25.7. The molecular formula is C34H32N2O11. The third-order valence-corrected chi connectivity index (χ3v) is 6.14. The maximum atomic E-state index is 13.5. The molecule has 0 aliphatic carbocycles. The maximum Gasteiger partial charge on any atom is 0.339 e. The van der Waals surface area contributed by atoms with Gasteiger partial charge in [0.15, 0.2) is 0 Å². The van der Waals surface area contributed by atoms with Crippen LogP contribution in [0, 0.1) is 6.92 Å².